The van der Waals surface area contributed by atoms with Gasteiger partial charge in [-0.2, -0.15) is 0 Å². The third-order valence-corrected chi connectivity index (χ3v) is 5.27. The van der Waals surface area contributed by atoms with E-state index in [1.807, 2.05) is 12.5 Å². The Morgan fingerprint density at radius 3 is 2.80 bits per heavy atom. The lowest BCUT2D eigenvalue weighted by atomic mass is 9.92. The summed E-state index contributed by atoms with van der Waals surface area (Å²) in [5.41, 5.74) is 3.67. The molecule has 0 aliphatic carbocycles. The maximum Gasteiger partial charge on any atom is 0.226 e. The van der Waals surface area contributed by atoms with Crippen LogP contribution in [0.5, 0.6) is 0 Å². The van der Waals surface area contributed by atoms with E-state index in [0.29, 0.717) is 5.92 Å². The third-order valence-electron chi connectivity index (χ3n) is 5.27. The monoisotopic (exact) mass is 339 g/mol. The molecule has 2 heterocycles. The Morgan fingerprint density at radius 1 is 1.32 bits per heavy atom. The number of fused-ring (bicyclic) bond motifs is 1. The molecule has 0 saturated carbocycles. The van der Waals surface area contributed by atoms with E-state index >= 15 is 0 Å². The van der Waals surface area contributed by atoms with Crippen LogP contribution in [0.15, 0.2) is 36.8 Å². The van der Waals surface area contributed by atoms with Gasteiger partial charge in [-0.15, -0.1) is 0 Å². The highest BCUT2D eigenvalue weighted by atomic mass is 16.2. The lowest BCUT2D eigenvalue weighted by Crippen LogP contribution is -2.42. The van der Waals surface area contributed by atoms with Crippen molar-refractivity contribution in [3.8, 4) is 0 Å². The second kappa shape index (κ2) is 7.42. The predicted molar refractivity (Wildman–Crippen MR) is 100 cm³/mol. The van der Waals surface area contributed by atoms with Crippen LogP contribution in [0.2, 0.25) is 0 Å². The normalized spacial score (nSPS) is 18.0. The number of amides is 1. The zero-order valence-corrected chi connectivity index (χ0v) is 15.8. The van der Waals surface area contributed by atoms with Crippen LogP contribution < -0.4 is 0 Å². The van der Waals surface area contributed by atoms with Gasteiger partial charge in [0.2, 0.25) is 5.91 Å². The van der Waals surface area contributed by atoms with E-state index in [1.165, 1.54) is 16.8 Å². The van der Waals surface area contributed by atoms with E-state index in [2.05, 4.69) is 66.4 Å². The van der Waals surface area contributed by atoms with Crippen LogP contribution in [-0.2, 0) is 17.8 Å². The van der Waals surface area contributed by atoms with Gasteiger partial charge in [-0.05, 0) is 37.3 Å². The summed E-state index contributed by atoms with van der Waals surface area (Å²) in [4.78, 5) is 19.7. The molecule has 0 bridgehead atoms. The topological polar surface area (TPSA) is 38.1 Å². The maximum absolute atomic E-state index is 13.4. The molecule has 25 heavy (non-hydrogen) atoms. The smallest absolute Gasteiger partial charge is 0.226 e. The number of benzene rings is 1. The van der Waals surface area contributed by atoms with Gasteiger partial charge in [-0.3, -0.25) is 4.79 Å². The molecule has 2 aromatic rings. The molecule has 134 valence electrons. The van der Waals surface area contributed by atoms with Crippen molar-refractivity contribution in [1.29, 1.82) is 0 Å². The fourth-order valence-electron chi connectivity index (χ4n) is 3.87. The molecule has 1 aromatic heterocycles. The van der Waals surface area contributed by atoms with Gasteiger partial charge in [0.1, 0.15) is 0 Å². The fraction of sp³-hybridized carbons (Fsp3) is 0.524. The van der Waals surface area contributed by atoms with Crippen LogP contribution in [0.3, 0.4) is 0 Å². The summed E-state index contributed by atoms with van der Waals surface area (Å²) in [5.74, 6) is 0.802. The molecule has 0 fully saturated rings. The van der Waals surface area contributed by atoms with Crippen molar-refractivity contribution in [1.82, 2.24) is 14.5 Å². The number of imidazole rings is 1. The molecule has 0 unspecified atom stereocenters. The summed E-state index contributed by atoms with van der Waals surface area (Å²) < 4.78 is 2.17. The summed E-state index contributed by atoms with van der Waals surface area (Å²) >= 11 is 0. The lowest BCUT2D eigenvalue weighted by molar-refractivity contribution is -0.139. The van der Waals surface area contributed by atoms with Gasteiger partial charge in [0.25, 0.3) is 0 Å². The van der Waals surface area contributed by atoms with Crippen molar-refractivity contribution in [2.45, 2.75) is 53.1 Å². The molecule has 0 radical (unpaired) electrons. The minimum atomic E-state index is 0.0643. The SMILES string of the molecule is Cc1ccccc1[C@@H](C)N(CC(C)C)C(=O)[C@@H]1CCn2cncc2C1. The number of carbonyl (C=O) groups excluding carboxylic acids is 1. The largest absolute Gasteiger partial charge is 0.335 e. The van der Waals surface area contributed by atoms with Crippen molar-refractivity contribution < 1.29 is 4.79 Å². The Balaban J connectivity index is 1.83. The van der Waals surface area contributed by atoms with Gasteiger partial charge in [-0.1, -0.05) is 38.1 Å². The molecule has 0 saturated heterocycles. The van der Waals surface area contributed by atoms with Gasteiger partial charge in [0.05, 0.1) is 12.4 Å². The van der Waals surface area contributed by atoms with Crippen LogP contribution >= 0.6 is 0 Å². The molecule has 0 N–H and O–H groups in total. The van der Waals surface area contributed by atoms with Gasteiger partial charge in [0, 0.05) is 37.3 Å². The highest BCUT2D eigenvalue weighted by molar-refractivity contribution is 5.79. The van der Waals surface area contributed by atoms with Crippen molar-refractivity contribution in [2.24, 2.45) is 11.8 Å². The summed E-state index contributed by atoms with van der Waals surface area (Å²) in [6.45, 7) is 10.3. The molecule has 1 aromatic carbocycles. The molecule has 1 aliphatic rings. The van der Waals surface area contributed by atoms with Gasteiger partial charge in [-0.25, -0.2) is 4.98 Å². The first-order valence-corrected chi connectivity index (χ1v) is 9.32. The number of nitrogens with zero attached hydrogens (tertiary/aromatic N) is 3. The Kier molecular flexibility index (Phi) is 5.26. The molecule has 1 amide bonds. The Bertz CT molecular complexity index is 734. The zero-order chi connectivity index (χ0) is 18.0. The summed E-state index contributed by atoms with van der Waals surface area (Å²) in [6, 6.07) is 8.50. The van der Waals surface area contributed by atoms with E-state index in [-0.39, 0.29) is 17.9 Å². The molecule has 4 nitrogen and oxygen atoms in total. The summed E-state index contributed by atoms with van der Waals surface area (Å²) in [5, 5.41) is 0. The van der Waals surface area contributed by atoms with Crippen LogP contribution in [0.4, 0.5) is 0 Å². The number of hydrogen-bond donors (Lipinski definition) is 0. The third kappa shape index (κ3) is 3.78. The average molecular weight is 339 g/mol. The number of hydrogen-bond acceptors (Lipinski definition) is 2. The first-order chi connectivity index (χ1) is 12.0. The first-order valence-electron chi connectivity index (χ1n) is 9.32. The van der Waals surface area contributed by atoms with E-state index in [9.17, 15) is 4.79 Å². The van der Waals surface area contributed by atoms with Gasteiger partial charge < -0.3 is 9.47 Å². The highest BCUT2D eigenvalue weighted by Gasteiger charge is 2.32. The van der Waals surface area contributed by atoms with E-state index in [0.717, 1.165) is 25.9 Å². The lowest BCUT2D eigenvalue weighted by Gasteiger charge is -2.36. The van der Waals surface area contributed by atoms with Crippen LogP contribution in [0, 0.1) is 18.8 Å². The number of carbonyl (C=O) groups is 1. The van der Waals surface area contributed by atoms with Crippen LogP contribution in [0.25, 0.3) is 0 Å². The highest BCUT2D eigenvalue weighted by Crippen LogP contribution is 2.29. The van der Waals surface area contributed by atoms with E-state index in [1.54, 1.807) is 0 Å². The van der Waals surface area contributed by atoms with E-state index < -0.39 is 0 Å². The minimum absolute atomic E-state index is 0.0643. The van der Waals surface area contributed by atoms with Crippen molar-refractivity contribution in [3.63, 3.8) is 0 Å². The first kappa shape index (κ1) is 17.7. The quantitative estimate of drug-likeness (QED) is 0.826. The Morgan fingerprint density at radius 2 is 2.08 bits per heavy atom. The second-order valence-electron chi connectivity index (χ2n) is 7.69. The zero-order valence-electron chi connectivity index (χ0n) is 15.8. The molecule has 1 aliphatic heterocycles. The Hall–Kier alpha value is -2.10. The van der Waals surface area contributed by atoms with Gasteiger partial charge >= 0.3 is 0 Å². The average Bonchev–Trinajstić information content (AvgIpc) is 3.06. The Labute approximate surface area is 150 Å². The van der Waals surface area contributed by atoms with Crippen molar-refractivity contribution in [3.05, 3.63) is 53.6 Å². The molecule has 4 heteroatoms. The fourth-order valence-corrected chi connectivity index (χ4v) is 3.87. The molecular formula is C21H29N3O. The van der Waals surface area contributed by atoms with Crippen molar-refractivity contribution >= 4 is 5.91 Å². The number of aromatic nitrogens is 2. The minimum Gasteiger partial charge on any atom is -0.335 e. The van der Waals surface area contributed by atoms with Crippen LogP contribution in [0.1, 0.15) is 50.1 Å². The van der Waals surface area contributed by atoms with E-state index in [4.69, 9.17) is 0 Å². The number of aryl methyl sites for hydroxylation is 2. The molecule has 0 spiro atoms. The molecule has 2 atom stereocenters. The predicted octanol–water partition coefficient (Wildman–Crippen LogP) is 4.00. The summed E-state index contributed by atoms with van der Waals surface area (Å²) in [7, 11) is 0. The summed E-state index contributed by atoms with van der Waals surface area (Å²) in [6.07, 6.45) is 5.47. The molecular weight excluding hydrogens is 310 g/mol. The standard InChI is InChI=1S/C21H29N3O/c1-15(2)13-24(17(4)20-8-6-5-7-16(20)3)21(25)18-9-10-23-14-22-12-19(23)11-18/h5-8,12,14-15,17-18H,9-11,13H2,1-4H3/t17-,18-/m1/s1. The molecule has 3 rings (SSSR count). The maximum atomic E-state index is 13.4. The van der Waals surface area contributed by atoms with Crippen molar-refractivity contribution in [2.75, 3.05) is 6.54 Å². The number of rotatable bonds is 5. The second-order valence-corrected chi connectivity index (χ2v) is 7.69. The van der Waals surface area contributed by atoms with Crippen LogP contribution in [-0.4, -0.2) is 26.9 Å². The van der Waals surface area contributed by atoms with Gasteiger partial charge in [0.15, 0.2) is 0 Å².